The topological polar surface area (TPSA) is 68.9 Å². The van der Waals surface area contributed by atoms with Crippen molar-refractivity contribution in [2.75, 3.05) is 0 Å². The molecule has 0 bridgehead atoms. The molecule has 1 amide bonds. The predicted molar refractivity (Wildman–Crippen MR) is 39.4 cm³/mol. The van der Waals surface area contributed by atoms with E-state index in [1.54, 1.807) is 19.3 Å². The molecule has 11 heavy (non-hydrogen) atoms. The Bertz CT molecular complexity index is 255. The van der Waals surface area contributed by atoms with E-state index >= 15 is 0 Å². The van der Waals surface area contributed by atoms with E-state index in [0.717, 1.165) is 0 Å². The number of carbonyl (C=O) groups is 1. The molecule has 0 saturated carbocycles. The second kappa shape index (κ2) is 3.09. The van der Waals surface area contributed by atoms with Gasteiger partial charge in [0.1, 0.15) is 5.82 Å². The fraction of sp³-hybridized carbons (Fsp3) is 0.143. The number of carbonyl (C=O) groups excluding carboxylic acids is 1. The lowest BCUT2D eigenvalue weighted by Crippen LogP contribution is -2.11. The van der Waals surface area contributed by atoms with Gasteiger partial charge >= 0.3 is 0 Å². The van der Waals surface area contributed by atoms with Crippen molar-refractivity contribution in [3.8, 4) is 0 Å². The summed E-state index contributed by atoms with van der Waals surface area (Å²) in [7, 11) is 0. The molecule has 1 aromatic rings. The molecule has 0 aliphatic carbocycles. The zero-order chi connectivity index (χ0) is 8.27. The summed E-state index contributed by atoms with van der Waals surface area (Å²) in [6.07, 6.45) is 4.37. The van der Waals surface area contributed by atoms with E-state index in [9.17, 15) is 4.79 Å². The Hall–Kier alpha value is -1.45. The summed E-state index contributed by atoms with van der Waals surface area (Å²) in [6.45, 7) is 1.77. The molecule has 0 aliphatic rings. The highest BCUT2D eigenvalue weighted by Gasteiger charge is 1.98. The van der Waals surface area contributed by atoms with Gasteiger partial charge in [-0.3, -0.25) is 4.79 Å². The van der Waals surface area contributed by atoms with Gasteiger partial charge in [-0.15, -0.1) is 0 Å². The highest BCUT2D eigenvalue weighted by molar-refractivity contribution is 5.86. The normalized spacial score (nSPS) is 9.55. The Kier molecular flexibility index (Phi) is 2.15. The maximum absolute atomic E-state index is 10.4. The molecular formula is C7H8N3O. The zero-order valence-electron chi connectivity index (χ0n) is 6.11. The third-order valence-electron chi connectivity index (χ3n) is 1.11. The van der Waals surface area contributed by atoms with Crippen LogP contribution in [-0.2, 0) is 4.79 Å². The van der Waals surface area contributed by atoms with Crippen LogP contribution < -0.4 is 5.73 Å². The fourth-order valence-electron chi connectivity index (χ4n) is 0.641. The fourth-order valence-corrected chi connectivity index (χ4v) is 0.641. The number of amides is 1. The van der Waals surface area contributed by atoms with Gasteiger partial charge in [0.05, 0.1) is 6.42 Å². The van der Waals surface area contributed by atoms with Gasteiger partial charge in [0.15, 0.2) is 0 Å². The van der Waals surface area contributed by atoms with Gasteiger partial charge in [-0.25, -0.2) is 9.97 Å². The van der Waals surface area contributed by atoms with Crippen LogP contribution in [0.2, 0.25) is 0 Å². The van der Waals surface area contributed by atoms with Crippen LogP contribution in [0.3, 0.4) is 0 Å². The molecule has 0 spiro atoms. The Balaban J connectivity index is 2.74. The van der Waals surface area contributed by atoms with Crippen LogP contribution in [0.5, 0.6) is 0 Å². The summed E-state index contributed by atoms with van der Waals surface area (Å²) < 4.78 is 0. The standard InChI is InChI=1S/C7H8N3O/c1-5-9-3-6(4-10-5)2-7(8)11/h2-4H,1H3,(H2,8,11). The summed E-state index contributed by atoms with van der Waals surface area (Å²) in [5.41, 5.74) is 5.54. The van der Waals surface area contributed by atoms with Crippen LogP contribution in [0, 0.1) is 13.3 Å². The first-order chi connectivity index (χ1) is 5.18. The molecule has 57 valence electrons. The van der Waals surface area contributed by atoms with Crippen molar-refractivity contribution >= 4 is 5.91 Å². The monoisotopic (exact) mass is 150 g/mol. The number of aryl methyl sites for hydroxylation is 1. The Labute approximate surface area is 64.5 Å². The summed E-state index contributed by atoms with van der Waals surface area (Å²) in [5, 5.41) is 0. The van der Waals surface area contributed by atoms with Gasteiger partial charge in [0, 0.05) is 18.0 Å². The first-order valence-electron chi connectivity index (χ1n) is 3.11. The van der Waals surface area contributed by atoms with Crippen LogP contribution in [-0.4, -0.2) is 15.9 Å². The van der Waals surface area contributed by atoms with Crippen molar-refractivity contribution in [2.45, 2.75) is 6.92 Å². The van der Waals surface area contributed by atoms with E-state index in [2.05, 4.69) is 9.97 Å². The Morgan fingerprint density at radius 3 is 2.55 bits per heavy atom. The summed E-state index contributed by atoms with van der Waals surface area (Å²) in [4.78, 5) is 18.1. The number of rotatable bonds is 2. The van der Waals surface area contributed by atoms with Gasteiger partial charge in [-0.1, -0.05) is 0 Å². The minimum absolute atomic E-state index is 0.488. The third-order valence-corrected chi connectivity index (χ3v) is 1.11. The molecule has 4 nitrogen and oxygen atoms in total. The summed E-state index contributed by atoms with van der Waals surface area (Å²) in [6, 6.07) is 0. The first-order valence-corrected chi connectivity index (χ1v) is 3.11. The molecule has 0 fully saturated rings. The van der Waals surface area contributed by atoms with Crippen LogP contribution in [0.4, 0.5) is 0 Å². The lowest BCUT2D eigenvalue weighted by molar-refractivity contribution is -0.114. The van der Waals surface area contributed by atoms with E-state index < -0.39 is 5.91 Å². The summed E-state index contributed by atoms with van der Waals surface area (Å²) in [5.74, 6) is 0.184. The van der Waals surface area contributed by atoms with Crippen LogP contribution in [0.15, 0.2) is 12.4 Å². The molecule has 0 saturated heterocycles. The predicted octanol–water partition coefficient (Wildman–Crippen LogP) is -0.177. The van der Waals surface area contributed by atoms with Gasteiger partial charge in [0.25, 0.3) is 0 Å². The highest BCUT2D eigenvalue weighted by Crippen LogP contribution is 1.97. The average Bonchev–Trinajstić information content (AvgIpc) is 1.93. The quantitative estimate of drug-likeness (QED) is 0.636. The molecule has 2 N–H and O–H groups in total. The van der Waals surface area contributed by atoms with Crippen molar-refractivity contribution in [3.63, 3.8) is 0 Å². The smallest absolute Gasteiger partial charge is 0.226 e. The van der Waals surface area contributed by atoms with Crippen LogP contribution in [0.25, 0.3) is 0 Å². The van der Waals surface area contributed by atoms with Crippen LogP contribution in [0.1, 0.15) is 11.4 Å². The maximum Gasteiger partial charge on any atom is 0.226 e. The van der Waals surface area contributed by atoms with Crippen LogP contribution >= 0.6 is 0 Å². The van der Waals surface area contributed by atoms with Crippen molar-refractivity contribution in [1.29, 1.82) is 0 Å². The number of primary amides is 1. The molecule has 1 radical (unpaired) electrons. The molecular weight excluding hydrogens is 142 g/mol. The number of hydrogen-bond donors (Lipinski definition) is 1. The van der Waals surface area contributed by atoms with E-state index in [1.165, 1.54) is 6.42 Å². The van der Waals surface area contributed by atoms with Gasteiger partial charge in [-0.05, 0) is 6.92 Å². The molecule has 4 heteroatoms. The summed E-state index contributed by atoms with van der Waals surface area (Å²) >= 11 is 0. The van der Waals surface area contributed by atoms with Gasteiger partial charge in [0.2, 0.25) is 5.91 Å². The molecule has 0 unspecified atom stereocenters. The second-order valence-corrected chi connectivity index (χ2v) is 2.11. The first kappa shape index (κ1) is 7.65. The highest BCUT2D eigenvalue weighted by atomic mass is 16.1. The Morgan fingerprint density at radius 1 is 1.55 bits per heavy atom. The SMILES string of the molecule is Cc1ncc([CH]C(N)=O)cn1. The average molecular weight is 150 g/mol. The van der Waals surface area contributed by atoms with Crippen molar-refractivity contribution in [3.05, 3.63) is 30.2 Å². The lowest BCUT2D eigenvalue weighted by atomic mass is 10.2. The third kappa shape index (κ3) is 2.33. The molecule has 1 heterocycles. The number of hydrogen-bond acceptors (Lipinski definition) is 3. The minimum Gasteiger partial charge on any atom is -0.369 e. The van der Waals surface area contributed by atoms with Gasteiger partial charge in [-0.2, -0.15) is 0 Å². The molecule has 1 rings (SSSR count). The molecule has 1 aromatic heterocycles. The second-order valence-electron chi connectivity index (χ2n) is 2.11. The zero-order valence-corrected chi connectivity index (χ0v) is 6.11. The van der Waals surface area contributed by atoms with E-state index in [4.69, 9.17) is 5.73 Å². The minimum atomic E-state index is -0.488. The van der Waals surface area contributed by atoms with Crippen molar-refractivity contribution in [2.24, 2.45) is 5.73 Å². The van der Waals surface area contributed by atoms with E-state index in [0.29, 0.717) is 11.4 Å². The molecule has 0 aromatic carbocycles. The Morgan fingerprint density at radius 2 is 2.09 bits per heavy atom. The molecule has 0 aliphatic heterocycles. The number of aromatic nitrogens is 2. The lowest BCUT2D eigenvalue weighted by Gasteiger charge is -1.94. The van der Waals surface area contributed by atoms with Gasteiger partial charge < -0.3 is 5.73 Å². The molecule has 0 atom stereocenters. The maximum atomic E-state index is 10.4. The van der Waals surface area contributed by atoms with Crippen molar-refractivity contribution in [1.82, 2.24) is 9.97 Å². The van der Waals surface area contributed by atoms with E-state index in [-0.39, 0.29) is 0 Å². The van der Waals surface area contributed by atoms with E-state index in [1.807, 2.05) is 0 Å². The number of nitrogens with zero attached hydrogens (tertiary/aromatic N) is 2. The van der Waals surface area contributed by atoms with Crippen molar-refractivity contribution < 1.29 is 4.79 Å². The number of nitrogens with two attached hydrogens (primary N) is 1. The largest absolute Gasteiger partial charge is 0.369 e.